The predicted molar refractivity (Wildman–Crippen MR) is 262 cm³/mol. The molecule has 0 aliphatic heterocycles. The van der Waals surface area contributed by atoms with Crippen molar-refractivity contribution in [2.24, 2.45) is 0 Å². The number of benzene rings is 10. The Morgan fingerprint density at radius 1 is 0.317 bits per heavy atom. The summed E-state index contributed by atoms with van der Waals surface area (Å²) in [6.45, 7) is 0. The zero-order valence-corrected chi connectivity index (χ0v) is 34.5. The normalized spacial score (nSPS) is 12.6. The van der Waals surface area contributed by atoms with Crippen LogP contribution < -0.4 is 4.90 Å². The molecule has 0 unspecified atom stereocenters. The van der Waals surface area contributed by atoms with Crippen LogP contribution in [-0.2, 0) is 5.41 Å². The second kappa shape index (κ2) is 15.1. The molecule has 0 saturated heterocycles. The van der Waals surface area contributed by atoms with E-state index in [9.17, 15) is 0 Å². The van der Waals surface area contributed by atoms with Gasteiger partial charge in [0.15, 0.2) is 0 Å². The summed E-state index contributed by atoms with van der Waals surface area (Å²) in [6, 6.07) is 90.5. The molecule has 0 amide bonds. The second-order valence-electron chi connectivity index (χ2n) is 16.3. The number of para-hydroxylation sites is 1. The zero-order valence-electron chi connectivity index (χ0n) is 34.5. The molecule has 11 aromatic rings. The van der Waals surface area contributed by atoms with E-state index in [1.54, 1.807) is 0 Å². The van der Waals surface area contributed by atoms with Crippen molar-refractivity contribution in [3.8, 4) is 44.5 Å². The largest absolute Gasteiger partial charge is 0.456 e. The van der Waals surface area contributed by atoms with E-state index in [4.69, 9.17) is 4.42 Å². The van der Waals surface area contributed by atoms with E-state index in [1.165, 1.54) is 44.5 Å². The molecule has 2 nitrogen and oxygen atoms in total. The van der Waals surface area contributed by atoms with E-state index in [2.05, 4.69) is 248 Å². The van der Waals surface area contributed by atoms with Gasteiger partial charge in [-0.2, -0.15) is 0 Å². The minimum Gasteiger partial charge on any atom is -0.456 e. The van der Waals surface area contributed by atoms with Crippen LogP contribution in [-0.4, -0.2) is 0 Å². The molecule has 296 valence electrons. The quantitative estimate of drug-likeness (QED) is 0.152. The molecule has 0 N–H and O–H groups in total. The Balaban J connectivity index is 1.19. The Hall–Kier alpha value is -8.20. The summed E-state index contributed by atoms with van der Waals surface area (Å²) >= 11 is 0. The number of furan rings is 1. The van der Waals surface area contributed by atoms with Gasteiger partial charge in [-0.1, -0.05) is 206 Å². The third kappa shape index (κ3) is 5.87. The summed E-state index contributed by atoms with van der Waals surface area (Å²) < 4.78 is 6.44. The first-order chi connectivity index (χ1) is 31.3. The highest BCUT2D eigenvalue weighted by atomic mass is 16.3. The van der Waals surface area contributed by atoms with Gasteiger partial charge in [0.1, 0.15) is 11.2 Å². The summed E-state index contributed by atoms with van der Waals surface area (Å²) in [5, 5.41) is 2.17. The van der Waals surface area contributed by atoms with Gasteiger partial charge in [0.25, 0.3) is 0 Å². The Morgan fingerprint density at radius 3 is 1.54 bits per heavy atom. The van der Waals surface area contributed by atoms with E-state index in [1.807, 2.05) is 6.07 Å². The number of hydrogen-bond acceptors (Lipinski definition) is 2. The maximum atomic E-state index is 6.44. The zero-order chi connectivity index (χ0) is 41.7. The Morgan fingerprint density at radius 2 is 0.825 bits per heavy atom. The summed E-state index contributed by atoms with van der Waals surface area (Å²) in [6.07, 6.45) is 0. The van der Waals surface area contributed by atoms with Gasteiger partial charge in [0.05, 0.1) is 11.1 Å². The fourth-order valence-electron chi connectivity index (χ4n) is 10.3. The topological polar surface area (TPSA) is 16.4 Å². The number of rotatable bonds is 8. The molecule has 1 aromatic heterocycles. The lowest BCUT2D eigenvalue weighted by molar-refractivity contribution is 0.669. The van der Waals surface area contributed by atoms with Crippen molar-refractivity contribution in [3.05, 3.63) is 271 Å². The maximum absolute atomic E-state index is 6.44. The molecule has 1 aliphatic rings. The SMILES string of the molecule is c1ccc(-c2ccccc2-c2c(-c3ccccc3)cccc2N(c2ccc3c(c2)C(c2ccccc2)(c2ccccc2)c2ccccc2-3)c2ccc3oc4ccccc4c3c2)cc1. The Labute approximate surface area is 367 Å². The van der Waals surface area contributed by atoms with Crippen LogP contribution in [0, 0.1) is 0 Å². The smallest absolute Gasteiger partial charge is 0.135 e. The average molecular weight is 804 g/mol. The molecule has 0 spiro atoms. The van der Waals surface area contributed by atoms with Gasteiger partial charge < -0.3 is 9.32 Å². The third-order valence-electron chi connectivity index (χ3n) is 13.0. The number of nitrogens with zero attached hydrogens (tertiary/aromatic N) is 1. The first-order valence-electron chi connectivity index (χ1n) is 21.7. The number of hydrogen-bond donors (Lipinski definition) is 0. The summed E-state index contributed by atoms with van der Waals surface area (Å²) in [5.41, 5.74) is 18.9. The molecule has 1 heterocycles. The van der Waals surface area contributed by atoms with Crippen molar-refractivity contribution in [1.82, 2.24) is 0 Å². The molecule has 0 radical (unpaired) electrons. The third-order valence-corrected chi connectivity index (χ3v) is 13.0. The van der Waals surface area contributed by atoms with E-state index in [0.717, 1.165) is 61.3 Å². The molecule has 1 aliphatic carbocycles. The van der Waals surface area contributed by atoms with E-state index < -0.39 is 5.41 Å². The molecule has 63 heavy (non-hydrogen) atoms. The van der Waals surface area contributed by atoms with E-state index >= 15 is 0 Å². The molecule has 0 atom stereocenters. The minimum absolute atomic E-state index is 0.560. The van der Waals surface area contributed by atoms with Crippen LogP contribution in [0.2, 0.25) is 0 Å². The lowest BCUT2D eigenvalue weighted by Gasteiger charge is -2.35. The second-order valence-corrected chi connectivity index (χ2v) is 16.3. The van der Waals surface area contributed by atoms with Crippen molar-refractivity contribution < 1.29 is 4.42 Å². The standard InChI is InChI=1S/C61H41NO/c1-5-20-42(21-6-1)48-28-13-14-31-53(48)60-49(43-22-7-2-8-23-43)32-19-34-57(60)62(46-37-39-59-54(40-46)52-30-16-18-35-58(52)63-59)47-36-38-51-50-29-15-17-33-55(50)61(56(51)41-47,44-24-9-3-10-25-44)45-26-11-4-12-27-45/h1-41H. The average Bonchev–Trinajstić information content (AvgIpc) is 3.88. The molecule has 12 rings (SSSR count). The van der Waals surface area contributed by atoms with Crippen molar-refractivity contribution in [3.63, 3.8) is 0 Å². The van der Waals surface area contributed by atoms with Crippen LogP contribution in [0.15, 0.2) is 253 Å². The van der Waals surface area contributed by atoms with Gasteiger partial charge in [0, 0.05) is 27.7 Å². The lowest BCUT2D eigenvalue weighted by atomic mass is 9.67. The lowest BCUT2D eigenvalue weighted by Crippen LogP contribution is -2.28. The number of anilines is 3. The van der Waals surface area contributed by atoms with Crippen LogP contribution in [0.3, 0.4) is 0 Å². The molecule has 0 saturated carbocycles. The highest BCUT2D eigenvalue weighted by Crippen LogP contribution is 2.58. The van der Waals surface area contributed by atoms with E-state index in [-0.39, 0.29) is 0 Å². The van der Waals surface area contributed by atoms with Crippen LogP contribution in [0.5, 0.6) is 0 Å². The molecular formula is C61H41NO. The van der Waals surface area contributed by atoms with Gasteiger partial charge >= 0.3 is 0 Å². The van der Waals surface area contributed by atoms with Gasteiger partial charge in [-0.3, -0.25) is 0 Å². The minimum atomic E-state index is -0.560. The molecule has 10 aromatic carbocycles. The van der Waals surface area contributed by atoms with Crippen LogP contribution in [0.1, 0.15) is 22.3 Å². The highest BCUT2D eigenvalue weighted by Gasteiger charge is 2.46. The number of fused-ring (bicyclic) bond motifs is 6. The summed E-state index contributed by atoms with van der Waals surface area (Å²) in [7, 11) is 0. The molecule has 2 heteroatoms. The van der Waals surface area contributed by atoms with Gasteiger partial charge in [0.2, 0.25) is 0 Å². The highest BCUT2D eigenvalue weighted by molar-refractivity contribution is 6.08. The summed E-state index contributed by atoms with van der Waals surface area (Å²) in [5.74, 6) is 0. The first-order valence-corrected chi connectivity index (χ1v) is 21.7. The van der Waals surface area contributed by atoms with Gasteiger partial charge in [-0.05, 0) is 104 Å². The Kier molecular flexibility index (Phi) is 8.76. The van der Waals surface area contributed by atoms with Gasteiger partial charge in [-0.15, -0.1) is 0 Å². The monoisotopic (exact) mass is 803 g/mol. The fraction of sp³-hybridized carbons (Fsp3) is 0.0164. The van der Waals surface area contributed by atoms with Gasteiger partial charge in [-0.25, -0.2) is 0 Å². The first kappa shape index (κ1) is 36.6. The molecule has 0 bridgehead atoms. The van der Waals surface area contributed by atoms with Crippen molar-refractivity contribution in [2.45, 2.75) is 5.41 Å². The van der Waals surface area contributed by atoms with Crippen molar-refractivity contribution in [1.29, 1.82) is 0 Å². The van der Waals surface area contributed by atoms with Crippen LogP contribution >= 0.6 is 0 Å². The van der Waals surface area contributed by atoms with Crippen molar-refractivity contribution >= 4 is 39.0 Å². The van der Waals surface area contributed by atoms with Crippen LogP contribution in [0.25, 0.3) is 66.4 Å². The molecular weight excluding hydrogens is 763 g/mol. The Bertz CT molecular complexity index is 3400. The summed E-state index contributed by atoms with van der Waals surface area (Å²) in [4.78, 5) is 2.48. The van der Waals surface area contributed by atoms with Crippen LogP contribution in [0.4, 0.5) is 17.1 Å². The van der Waals surface area contributed by atoms with E-state index in [0.29, 0.717) is 0 Å². The molecule has 0 fully saturated rings. The fourth-order valence-corrected chi connectivity index (χ4v) is 10.3. The van der Waals surface area contributed by atoms with Crippen molar-refractivity contribution in [2.75, 3.05) is 4.90 Å². The predicted octanol–water partition coefficient (Wildman–Crippen LogP) is 16.4. The maximum Gasteiger partial charge on any atom is 0.135 e.